The predicted octanol–water partition coefficient (Wildman–Crippen LogP) is 1.02. The van der Waals surface area contributed by atoms with E-state index in [1.54, 1.807) is 11.1 Å². The average Bonchev–Trinajstić information content (AvgIpc) is 3.18. The van der Waals surface area contributed by atoms with Gasteiger partial charge in [0.2, 0.25) is 0 Å². The van der Waals surface area contributed by atoms with Crippen molar-refractivity contribution in [2.45, 2.75) is 31.8 Å². The molecule has 3 heterocycles. The molecule has 8 heteroatoms. The number of carbonyl (C=O) groups is 2. The third-order valence-electron chi connectivity index (χ3n) is 4.87. The number of hydrogen-bond acceptors (Lipinski definition) is 4. The fraction of sp³-hybridized carbons (Fsp3) is 0.667. The van der Waals surface area contributed by atoms with E-state index in [2.05, 4.69) is 21.8 Å². The molecule has 0 spiro atoms. The van der Waals surface area contributed by atoms with Crippen molar-refractivity contribution in [2.75, 3.05) is 26.8 Å². The van der Waals surface area contributed by atoms with Crippen LogP contribution in [-0.4, -0.2) is 58.4 Å². The molecule has 2 amide bonds. The van der Waals surface area contributed by atoms with Crippen molar-refractivity contribution in [1.82, 2.24) is 19.8 Å². The van der Waals surface area contributed by atoms with Crippen molar-refractivity contribution in [2.24, 2.45) is 5.41 Å². The number of methoxy groups -OCH3 is 1. The molecule has 3 unspecified atom stereocenters. The maximum absolute atomic E-state index is 12.5. The smallest absolute Gasteiger partial charge is 0.318 e. The average molecular weight is 322 g/mol. The fourth-order valence-electron chi connectivity index (χ4n) is 3.57. The van der Waals surface area contributed by atoms with Crippen LogP contribution in [0.5, 0.6) is 0 Å². The number of carboxylic acids is 1. The Labute approximate surface area is 134 Å². The van der Waals surface area contributed by atoms with Crippen molar-refractivity contribution >= 4 is 12.0 Å². The van der Waals surface area contributed by atoms with E-state index in [1.807, 2.05) is 6.20 Å². The van der Waals surface area contributed by atoms with Crippen molar-refractivity contribution in [3.63, 3.8) is 0 Å². The molecule has 0 bridgehead atoms. The summed E-state index contributed by atoms with van der Waals surface area (Å²) >= 11 is 0. The molecule has 1 fully saturated rings. The number of urea groups is 1. The van der Waals surface area contributed by atoms with Crippen molar-refractivity contribution in [3.05, 3.63) is 18.2 Å². The van der Waals surface area contributed by atoms with Crippen LogP contribution in [0, 0.1) is 5.41 Å². The molecule has 0 aliphatic carbocycles. The molecule has 0 aromatic carbocycles. The van der Waals surface area contributed by atoms with E-state index in [0.717, 1.165) is 12.2 Å². The Balaban J connectivity index is 1.66. The van der Waals surface area contributed by atoms with Crippen LogP contribution in [0.25, 0.3) is 0 Å². The number of nitrogens with one attached hydrogen (secondary N) is 1. The highest BCUT2D eigenvalue weighted by atomic mass is 16.5. The largest absolute Gasteiger partial charge is 0.481 e. The van der Waals surface area contributed by atoms with Crippen molar-refractivity contribution in [3.8, 4) is 0 Å². The summed E-state index contributed by atoms with van der Waals surface area (Å²) in [4.78, 5) is 29.9. The molecule has 126 valence electrons. The fourth-order valence-corrected chi connectivity index (χ4v) is 3.57. The summed E-state index contributed by atoms with van der Waals surface area (Å²) in [6, 6.07) is -0.0735. The van der Waals surface area contributed by atoms with Gasteiger partial charge in [0, 0.05) is 38.6 Å². The third-order valence-corrected chi connectivity index (χ3v) is 4.87. The minimum absolute atomic E-state index is 0.108. The summed E-state index contributed by atoms with van der Waals surface area (Å²) in [5, 5.41) is 12.4. The number of carboxylic acid groups (broad SMARTS) is 1. The number of imidazole rings is 1. The van der Waals surface area contributed by atoms with Crippen molar-refractivity contribution < 1.29 is 19.4 Å². The van der Waals surface area contributed by atoms with Gasteiger partial charge in [-0.05, 0) is 19.8 Å². The molecule has 1 aromatic rings. The number of aromatic nitrogens is 2. The van der Waals surface area contributed by atoms with Gasteiger partial charge in [-0.2, -0.15) is 0 Å². The lowest BCUT2D eigenvalue weighted by Gasteiger charge is -2.24. The Morgan fingerprint density at radius 2 is 2.35 bits per heavy atom. The zero-order valence-electron chi connectivity index (χ0n) is 13.4. The van der Waals surface area contributed by atoms with Crippen LogP contribution in [0.4, 0.5) is 4.79 Å². The first-order chi connectivity index (χ1) is 11.0. The summed E-state index contributed by atoms with van der Waals surface area (Å²) < 4.78 is 7.11. The molecule has 3 atom stereocenters. The summed E-state index contributed by atoms with van der Waals surface area (Å²) in [7, 11) is 1.48. The minimum atomic E-state index is -1.01. The number of fused-ring (bicyclic) bond motifs is 1. The Morgan fingerprint density at radius 3 is 3.04 bits per heavy atom. The molecule has 1 saturated heterocycles. The van der Waals surface area contributed by atoms with E-state index in [9.17, 15) is 14.7 Å². The number of hydrogen-bond donors (Lipinski definition) is 2. The second-order valence-electron chi connectivity index (χ2n) is 6.47. The van der Waals surface area contributed by atoms with Crippen molar-refractivity contribution in [1.29, 1.82) is 0 Å². The molecule has 8 nitrogen and oxygen atoms in total. The monoisotopic (exact) mass is 322 g/mol. The molecule has 3 rings (SSSR count). The van der Waals surface area contributed by atoms with E-state index < -0.39 is 11.4 Å². The molecule has 0 radical (unpaired) electrons. The zero-order chi connectivity index (χ0) is 16.6. The number of amides is 2. The molecule has 2 N–H and O–H groups in total. The van der Waals surface area contributed by atoms with Crippen LogP contribution >= 0.6 is 0 Å². The number of rotatable bonds is 4. The van der Waals surface area contributed by atoms with Gasteiger partial charge in [0.05, 0.1) is 12.6 Å². The number of nitrogens with zero attached hydrogens (tertiary/aromatic N) is 3. The first-order valence-corrected chi connectivity index (χ1v) is 7.77. The van der Waals surface area contributed by atoms with Gasteiger partial charge in [0.25, 0.3) is 0 Å². The summed E-state index contributed by atoms with van der Waals surface area (Å²) in [6.07, 6.45) is 4.84. The highest BCUT2D eigenvalue weighted by molar-refractivity contribution is 5.80. The predicted molar refractivity (Wildman–Crippen MR) is 81.0 cm³/mol. The lowest BCUT2D eigenvalue weighted by atomic mass is 9.88. The Hall–Kier alpha value is -2.09. The summed E-state index contributed by atoms with van der Waals surface area (Å²) in [5.41, 5.74) is -1.01. The molecular weight excluding hydrogens is 300 g/mol. The first-order valence-electron chi connectivity index (χ1n) is 7.77. The molecule has 2 aliphatic rings. The van der Waals surface area contributed by atoms with Gasteiger partial charge in [-0.25, -0.2) is 9.78 Å². The van der Waals surface area contributed by atoms with E-state index in [-0.39, 0.29) is 25.2 Å². The third kappa shape index (κ3) is 2.67. The van der Waals surface area contributed by atoms with Crippen LogP contribution in [0.2, 0.25) is 0 Å². The Bertz CT molecular complexity index is 616. The van der Waals surface area contributed by atoms with E-state index in [1.165, 1.54) is 7.11 Å². The standard InChI is InChI=1S/C15H22N4O4/c1-10-7-11(12-16-4-6-19(10)12)17-14(22)18-5-3-15(8-18,9-23-2)13(20)21/h4,6,10-11H,3,5,7-9H2,1-2H3,(H,17,22)(H,20,21). The topological polar surface area (TPSA) is 96.7 Å². The molecule has 0 saturated carbocycles. The normalized spacial score (nSPS) is 29.6. The molecular formula is C15H22N4O4. The second-order valence-corrected chi connectivity index (χ2v) is 6.47. The SMILES string of the molecule is COCC1(C(=O)O)CCN(C(=O)NC2CC(C)n3ccnc32)C1. The number of aliphatic carboxylic acids is 1. The maximum Gasteiger partial charge on any atom is 0.318 e. The van der Waals surface area contributed by atoms with E-state index in [0.29, 0.717) is 19.0 Å². The Morgan fingerprint density at radius 1 is 1.57 bits per heavy atom. The van der Waals surface area contributed by atoms with Crippen LogP contribution in [0.3, 0.4) is 0 Å². The van der Waals surface area contributed by atoms with Crippen LogP contribution in [-0.2, 0) is 9.53 Å². The van der Waals surface area contributed by atoms with Crippen LogP contribution < -0.4 is 5.32 Å². The van der Waals surface area contributed by atoms with Gasteiger partial charge in [0.15, 0.2) is 0 Å². The van der Waals surface area contributed by atoms with E-state index in [4.69, 9.17) is 4.74 Å². The summed E-state index contributed by atoms with van der Waals surface area (Å²) in [5.74, 6) is -0.0638. The number of likely N-dealkylation sites (tertiary alicyclic amines) is 1. The quantitative estimate of drug-likeness (QED) is 0.863. The van der Waals surface area contributed by atoms with Gasteiger partial charge in [-0.1, -0.05) is 0 Å². The molecule has 1 aromatic heterocycles. The highest BCUT2D eigenvalue weighted by Gasteiger charge is 2.47. The minimum Gasteiger partial charge on any atom is -0.481 e. The van der Waals surface area contributed by atoms with Crippen LogP contribution in [0.1, 0.15) is 37.7 Å². The lowest BCUT2D eigenvalue weighted by Crippen LogP contribution is -2.44. The number of ether oxygens (including phenoxy) is 1. The molecule has 2 aliphatic heterocycles. The van der Waals surface area contributed by atoms with E-state index >= 15 is 0 Å². The highest BCUT2D eigenvalue weighted by Crippen LogP contribution is 2.34. The maximum atomic E-state index is 12.5. The van der Waals surface area contributed by atoms with Gasteiger partial charge in [-0.3, -0.25) is 4.79 Å². The zero-order valence-corrected chi connectivity index (χ0v) is 13.4. The summed E-state index contributed by atoms with van der Waals surface area (Å²) in [6.45, 7) is 2.77. The second kappa shape index (κ2) is 5.84. The lowest BCUT2D eigenvalue weighted by molar-refractivity contribution is -0.151. The van der Waals surface area contributed by atoms with Gasteiger partial charge in [-0.15, -0.1) is 0 Å². The molecule has 23 heavy (non-hydrogen) atoms. The van der Waals surface area contributed by atoms with Gasteiger partial charge >= 0.3 is 12.0 Å². The number of carbonyl (C=O) groups excluding carboxylic acids is 1. The van der Waals surface area contributed by atoms with Gasteiger partial charge in [0.1, 0.15) is 11.2 Å². The Kier molecular flexibility index (Phi) is 4.01. The first kappa shape index (κ1) is 15.8. The van der Waals surface area contributed by atoms with Gasteiger partial charge < -0.3 is 24.6 Å². The van der Waals surface area contributed by atoms with Crippen LogP contribution in [0.15, 0.2) is 12.4 Å².